The molecule has 1 aliphatic carbocycles. The van der Waals surface area contributed by atoms with Gasteiger partial charge < -0.3 is 16.8 Å². The molecule has 0 aromatic carbocycles. The van der Waals surface area contributed by atoms with E-state index in [1.54, 1.807) is 0 Å². The first-order chi connectivity index (χ1) is 9.63. The van der Waals surface area contributed by atoms with Crippen molar-refractivity contribution in [2.24, 2.45) is 22.4 Å². The average Bonchev–Trinajstić information content (AvgIpc) is 2.39. The first-order valence-electron chi connectivity index (χ1n) is 6.93. The SMILES string of the molecule is NC(N)=NC(=O)NC1CCCC(Cc2ccccn2)C1. The van der Waals surface area contributed by atoms with Crippen LogP contribution in [0.15, 0.2) is 29.4 Å². The van der Waals surface area contributed by atoms with E-state index in [2.05, 4.69) is 15.3 Å². The fourth-order valence-corrected chi connectivity index (χ4v) is 2.75. The van der Waals surface area contributed by atoms with E-state index in [0.29, 0.717) is 5.92 Å². The monoisotopic (exact) mass is 275 g/mol. The maximum atomic E-state index is 11.5. The third-order valence-corrected chi connectivity index (χ3v) is 3.57. The Hall–Kier alpha value is -2.11. The molecule has 1 fully saturated rings. The number of urea groups is 1. The van der Waals surface area contributed by atoms with Crippen molar-refractivity contribution in [1.29, 1.82) is 0 Å². The van der Waals surface area contributed by atoms with Crippen LogP contribution in [0.25, 0.3) is 0 Å². The quantitative estimate of drug-likeness (QED) is 0.568. The molecule has 6 nitrogen and oxygen atoms in total. The second-order valence-corrected chi connectivity index (χ2v) is 5.24. The van der Waals surface area contributed by atoms with Crippen LogP contribution in [0.2, 0.25) is 0 Å². The summed E-state index contributed by atoms with van der Waals surface area (Å²) in [5.74, 6) is 0.339. The van der Waals surface area contributed by atoms with Crippen molar-refractivity contribution < 1.29 is 4.79 Å². The highest BCUT2D eigenvalue weighted by atomic mass is 16.2. The lowest BCUT2D eigenvalue weighted by atomic mass is 9.83. The summed E-state index contributed by atoms with van der Waals surface area (Å²) in [5, 5.41) is 2.86. The van der Waals surface area contributed by atoms with Gasteiger partial charge in [0.05, 0.1) is 0 Å². The Balaban J connectivity index is 1.86. The van der Waals surface area contributed by atoms with Crippen molar-refractivity contribution in [3.63, 3.8) is 0 Å². The van der Waals surface area contributed by atoms with Crippen LogP contribution in [0.4, 0.5) is 4.79 Å². The number of nitrogens with one attached hydrogen (secondary N) is 1. The number of carbonyl (C=O) groups is 1. The van der Waals surface area contributed by atoms with Crippen LogP contribution in [0.1, 0.15) is 31.4 Å². The van der Waals surface area contributed by atoms with E-state index in [1.807, 2.05) is 24.4 Å². The second-order valence-electron chi connectivity index (χ2n) is 5.24. The smallest absolute Gasteiger partial charge is 0.344 e. The molecular formula is C14H21N5O. The summed E-state index contributed by atoms with van der Waals surface area (Å²) in [6.45, 7) is 0. The number of guanidine groups is 1. The molecule has 1 saturated carbocycles. The summed E-state index contributed by atoms with van der Waals surface area (Å²) >= 11 is 0. The van der Waals surface area contributed by atoms with Gasteiger partial charge in [-0.3, -0.25) is 4.98 Å². The van der Waals surface area contributed by atoms with Gasteiger partial charge in [-0.2, -0.15) is 4.99 Å². The van der Waals surface area contributed by atoms with Crippen molar-refractivity contribution >= 4 is 12.0 Å². The number of amides is 2. The molecule has 108 valence electrons. The Bertz CT molecular complexity index is 470. The van der Waals surface area contributed by atoms with Crippen molar-refractivity contribution in [2.75, 3.05) is 0 Å². The highest BCUT2D eigenvalue weighted by molar-refractivity contribution is 5.90. The summed E-state index contributed by atoms with van der Waals surface area (Å²) < 4.78 is 0. The summed E-state index contributed by atoms with van der Waals surface area (Å²) in [7, 11) is 0. The molecule has 2 unspecified atom stereocenters. The summed E-state index contributed by atoms with van der Waals surface area (Å²) in [6, 6.07) is 5.66. The molecule has 1 aromatic heterocycles. The summed E-state index contributed by atoms with van der Waals surface area (Å²) in [4.78, 5) is 19.4. The Morgan fingerprint density at radius 1 is 1.40 bits per heavy atom. The second kappa shape index (κ2) is 6.88. The zero-order valence-corrected chi connectivity index (χ0v) is 11.5. The number of pyridine rings is 1. The molecule has 1 heterocycles. The molecule has 2 amide bonds. The van der Waals surface area contributed by atoms with E-state index in [1.165, 1.54) is 6.42 Å². The van der Waals surface area contributed by atoms with Gasteiger partial charge in [0.2, 0.25) is 0 Å². The zero-order chi connectivity index (χ0) is 14.4. The van der Waals surface area contributed by atoms with Crippen molar-refractivity contribution in [2.45, 2.75) is 38.1 Å². The van der Waals surface area contributed by atoms with Crippen LogP contribution < -0.4 is 16.8 Å². The van der Waals surface area contributed by atoms with E-state index in [-0.39, 0.29) is 12.0 Å². The summed E-state index contributed by atoms with van der Waals surface area (Å²) in [6.07, 6.45) is 6.97. The van der Waals surface area contributed by atoms with Gasteiger partial charge in [0, 0.05) is 17.9 Å². The van der Waals surface area contributed by atoms with Gasteiger partial charge >= 0.3 is 6.03 Å². The molecule has 0 radical (unpaired) electrons. The summed E-state index contributed by atoms with van der Waals surface area (Å²) in [5.41, 5.74) is 11.5. The minimum atomic E-state index is -0.450. The molecule has 20 heavy (non-hydrogen) atoms. The third kappa shape index (κ3) is 4.53. The largest absolute Gasteiger partial charge is 0.370 e. The van der Waals surface area contributed by atoms with Gasteiger partial charge in [0.25, 0.3) is 0 Å². The Morgan fingerprint density at radius 3 is 2.95 bits per heavy atom. The van der Waals surface area contributed by atoms with Crippen LogP contribution in [0, 0.1) is 5.92 Å². The van der Waals surface area contributed by atoms with E-state index in [9.17, 15) is 4.79 Å². The standard InChI is InChI=1S/C14H21N5O/c15-13(16)19-14(20)18-12-6-3-4-10(9-12)8-11-5-1-2-7-17-11/h1-2,5,7,10,12H,3-4,6,8-9H2,(H5,15,16,18,19,20). The number of rotatable bonds is 3. The van der Waals surface area contributed by atoms with E-state index >= 15 is 0 Å². The first-order valence-corrected chi connectivity index (χ1v) is 6.93. The van der Waals surface area contributed by atoms with Crippen LogP contribution in [0.5, 0.6) is 0 Å². The number of nitrogens with two attached hydrogens (primary N) is 2. The van der Waals surface area contributed by atoms with E-state index in [0.717, 1.165) is 31.4 Å². The lowest BCUT2D eigenvalue weighted by molar-refractivity contribution is 0.233. The lowest BCUT2D eigenvalue weighted by Crippen LogP contribution is -2.38. The third-order valence-electron chi connectivity index (χ3n) is 3.57. The predicted molar refractivity (Wildman–Crippen MR) is 78.0 cm³/mol. The van der Waals surface area contributed by atoms with Crippen molar-refractivity contribution in [3.8, 4) is 0 Å². The van der Waals surface area contributed by atoms with Crippen LogP contribution in [-0.2, 0) is 6.42 Å². The first kappa shape index (κ1) is 14.3. The maximum Gasteiger partial charge on any atom is 0.344 e. The van der Waals surface area contributed by atoms with E-state index < -0.39 is 6.03 Å². The number of hydrogen-bond donors (Lipinski definition) is 3. The predicted octanol–water partition coefficient (Wildman–Crippen LogP) is 1.17. The van der Waals surface area contributed by atoms with Crippen LogP contribution in [0.3, 0.4) is 0 Å². The zero-order valence-electron chi connectivity index (χ0n) is 11.5. The van der Waals surface area contributed by atoms with Gasteiger partial charge in [-0.15, -0.1) is 0 Å². The molecule has 5 N–H and O–H groups in total. The van der Waals surface area contributed by atoms with Crippen LogP contribution >= 0.6 is 0 Å². The Morgan fingerprint density at radius 2 is 2.25 bits per heavy atom. The number of carbonyl (C=O) groups excluding carboxylic acids is 1. The molecule has 2 atom stereocenters. The van der Waals surface area contributed by atoms with Crippen molar-refractivity contribution in [3.05, 3.63) is 30.1 Å². The molecule has 1 aromatic rings. The number of nitrogens with zero attached hydrogens (tertiary/aromatic N) is 2. The van der Waals surface area contributed by atoms with Gasteiger partial charge in [-0.1, -0.05) is 12.5 Å². The average molecular weight is 275 g/mol. The molecule has 0 bridgehead atoms. The maximum absolute atomic E-state index is 11.5. The van der Waals surface area contributed by atoms with Gasteiger partial charge in [-0.05, 0) is 43.7 Å². The number of aromatic nitrogens is 1. The minimum Gasteiger partial charge on any atom is -0.370 e. The van der Waals surface area contributed by atoms with Crippen LogP contribution in [-0.4, -0.2) is 23.0 Å². The van der Waals surface area contributed by atoms with E-state index in [4.69, 9.17) is 11.5 Å². The lowest BCUT2D eigenvalue weighted by Gasteiger charge is -2.29. The minimum absolute atomic E-state index is 0.146. The molecule has 1 aliphatic rings. The molecule has 6 heteroatoms. The molecular weight excluding hydrogens is 254 g/mol. The fourth-order valence-electron chi connectivity index (χ4n) is 2.75. The molecule has 0 aliphatic heterocycles. The molecule has 0 spiro atoms. The number of hydrogen-bond acceptors (Lipinski definition) is 2. The Labute approximate surface area is 118 Å². The van der Waals surface area contributed by atoms with Gasteiger partial charge in [-0.25, -0.2) is 4.79 Å². The fraction of sp³-hybridized carbons (Fsp3) is 0.500. The number of aliphatic imine (C=N–C) groups is 1. The molecule has 2 rings (SSSR count). The Kier molecular flexibility index (Phi) is 4.92. The van der Waals surface area contributed by atoms with Crippen molar-refractivity contribution in [1.82, 2.24) is 10.3 Å². The normalized spacial score (nSPS) is 22.0. The van der Waals surface area contributed by atoms with Gasteiger partial charge in [0.15, 0.2) is 5.96 Å². The topological polar surface area (TPSA) is 106 Å². The highest BCUT2D eigenvalue weighted by Gasteiger charge is 2.23. The molecule has 0 saturated heterocycles. The highest BCUT2D eigenvalue weighted by Crippen LogP contribution is 2.26. The van der Waals surface area contributed by atoms with Gasteiger partial charge in [0.1, 0.15) is 0 Å².